The molecule has 0 spiro atoms. The Hall–Kier alpha value is -2.08. The van der Waals surface area contributed by atoms with Gasteiger partial charge in [-0.25, -0.2) is 0 Å². The Morgan fingerprint density at radius 3 is 2.90 bits per heavy atom. The first-order valence-electron chi connectivity index (χ1n) is 6.61. The van der Waals surface area contributed by atoms with Crippen molar-refractivity contribution in [2.75, 3.05) is 6.61 Å². The van der Waals surface area contributed by atoms with E-state index in [1.165, 1.54) is 6.20 Å². The lowest BCUT2D eigenvalue weighted by atomic mass is 10.1. The number of aromatic nitrogens is 2. The van der Waals surface area contributed by atoms with E-state index in [9.17, 15) is 9.90 Å². The second kappa shape index (κ2) is 6.38. The fraction of sp³-hybridized carbons (Fsp3) is 0.429. The Morgan fingerprint density at radius 1 is 1.60 bits per heavy atom. The lowest BCUT2D eigenvalue weighted by Crippen LogP contribution is -2.41. The van der Waals surface area contributed by atoms with Crippen LogP contribution in [0.15, 0.2) is 29.0 Å². The van der Waals surface area contributed by atoms with Crippen LogP contribution in [0.25, 0.3) is 0 Å². The Kier molecular flexibility index (Phi) is 4.57. The van der Waals surface area contributed by atoms with Gasteiger partial charge in [-0.05, 0) is 25.5 Å². The molecule has 0 aromatic carbocycles. The Morgan fingerprint density at radius 2 is 2.40 bits per heavy atom. The monoisotopic (exact) mass is 277 g/mol. The van der Waals surface area contributed by atoms with Crippen LogP contribution >= 0.6 is 0 Å². The van der Waals surface area contributed by atoms with E-state index in [0.29, 0.717) is 30.0 Å². The van der Waals surface area contributed by atoms with Crippen molar-refractivity contribution in [1.29, 1.82) is 0 Å². The molecule has 0 aliphatic carbocycles. The van der Waals surface area contributed by atoms with Crippen LogP contribution in [-0.4, -0.2) is 38.8 Å². The molecule has 1 amide bonds. The molecule has 2 N–H and O–H groups in total. The molecular formula is C14H19N3O3. The number of furan rings is 1. The van der Waals surface area contributed by atoms with Crippen LogP contribution in [-0.2, 0) is 6.54 Å². The summed E-state index contributed by atoms with van der Waals surface area (Å²) in [6, 6.07) is 3.34. The Balaban J connectivity index is 2.26. The predicted molar refractivity (Wildman–Crippen MR) is 73.1 cm³/mol. The molecule has 1 atom stereocenters. The van der Waals surface area contributed by atoms with Crippen LogP contribution < -0.4 is 0 Å². The first-order chi connectivity index (χ1) is 9.67. The van der Waals surface area contributed by atoms with Gasteiger partial charge < -0.3 is 14.4 Å². The molecule has 2 heterocycles. The average Bonchev–Trinajstić information content (AvgIpc) is 3.09. The molecule has 0 aliphatic heterocycles. The van der Waals surface area contributed by atoms with E-state index >= 15 is 0 Å². The number of nitrogens with zero attached hydrogens (tertiary/aromatic N) is 2. The van der Waals surface area contributed by atoms with Gasteiger partial charge in [-0.3, -0.25) is 9.89 Å². The molecular weight excluding hydrogens is 258 g/mol. The summed E-state index contributed by atoms with van der Waals surface area (Å²) < 4.78 is 5.30. The minimum Gasteiger partial charge on any atom is -0.467 e. The van der Waals surface area contributed by atoms with Gasteiger partial charge in [0.25, 0.3) is 5.91 Å². The third kappa shape index (κ3) is 2.91. The molecule has 6 nitrogen and oxygen atoms in total. The lowest BCUT2D eigenvalue weighted by molar-refractivity contribution is 0.0544. The zero-order valence-electron chi connectivity index (χ0n) is 11.7. The minimum absolute atomic E-state index is 0.0835. The van der Waals surface area contributed by atoms with E-state index in [2.05, 4.69) is 10.2 Å². The third-order valence-electron chi connectivity index (χ3n) is 3.35. The van der Waals surface area contributed by atoms with Crippen molar-refractivity contribution in [2.45, 2.75) is 32.9 Å². The maximum absolute atomic E-state index is 12.6. The average molecular weight is 277 g/mol. The third-order valence-corrected chi connectivity index (χ3v) is 3.35. The zero-order chi connectivity index (χ0) is 14.5. The number of carbonyl (C=O) groups is 1. The van der Waals surface area contributed by atoms with E-state index in [4.69, 9.17) is 4.42 Å². The van der Waals surface area contributed by atoms with Crippen LogP contribution in [0.2, 0.25) is 0 Å². The zero-order valence-corrected chi connectivity index (χ0v) is 11.7. The number of aliphatic hydroxyl groups is 1. The maximum Gasteiger partial charge on any atom is 0.258 e. The second-order valence-electron chi connectivity index (χ2n) is 4.67. The number of carbonyl (C=O) groups excluding carboxylic acids is 1. The van der Waals surface area contributed by atoms with E-state index in [0.717, 1.165) is 0 Å². The van der Waals surface area contributed by atoms with Crippen molar-refractivity contribution in [3.8, 4) is 0 Å². The van der Waals surface area contributed by atoms with Crippen molar-refractivity contribution < 1.29 is 14.3 Å². The number of aromatic amines is 1. The maximum atomic E-state index is 12.6. The van der Waals surface area contributed by atoms with Gasteiger partial charge in [0.1, 0.15) is 5.76 Å². The number of nitrogens with one attached hydrogen (secondary N) is 1. The lowest BCUT2D eigenvalue weighted by Gasteiger charge is -2.29. The number of aliphatic hydroxyl groups excluding tert-OH is 1. The molecule has 0 saturated heterocycles. The number of H-pyrrole nitrogens is 1. The number of hydrogen-bond donors (Lipinski definition) is 2. The van der Waals surface area contributed by atoms with Crippen LogP contribution in [0.4, 0.5) is 0 Å². The van der Waals surface area contributed by atoms with Crippen molar-refractivity contribution in [1.82, 2.24) is 15.1 Å². The molecule has 108 valence electrons. The summed E-state index contributed by atoms with van der Waals surface area (Å²) in [6.45, 7) is 3.98. The van der Waals surface area contributed by atoms with E-state index in [-0.39, 0.29) is 18.6 Å². The highest BCUT2D eigenvalue weighted by atomic mass is 16.3. The molecule has 0 saturated carbocycles. The first kappa shape index (κ1) is 14.3. The summed E-state index contributed by atoms with van der Waals surface area (Å²) in [5.74, 6) is 0.528. The fourth-order valence-electron chi connectivity index (χ4n) is 2.11. The van der Waals surface area contributed by atoms with Crippen molar-refractivity contribution >= 4 is 5.91 Å². The van der Waals surface area contributed by atoms with Crippen LogP contribution in [0.3, 0.4) is 0 Å². The molecule has 2 aromatic rings. The van der Waals surface area contributed by atoms with Crippen molar-refractivity contribution in [3.05, 3.63) is 41.6 Å². The van der Waals surface area contributed by atoms with Gasteiger partial charge in [0.2, 0.25) is 0 Å². The summed E-state index contributed by atoms with van der Waals surface area (Å²) in [5.41, 5.74) is 1.23. The molecule has 20 heavy (non-hydrogen) atoms. The van der Waals surface area contributed by atoms with Gasteiger partial charge in [-0.1, -0.05) is 6.92 Å². The van der Waals surface area contributed by atoms with Crippen LogP contribution in [0.5, 0.6) is 0 Å². The molecule has 2 aromatic heterocycles. The summed E-state index contributed by atoms with van der Waals surface area (Å²) in [5, 5.41) is 16.1. The molecule has 1 unspecified atom stereocenters. The quantitative estimate of drug-likeness (QED) is 0.842. The van der Waals surface area contributed by atoms with E-state index in [1.54, 1.807) is 24.2 Å². The number of amides is 1. The highest BCUT2D eigenvalue weighted by molar-refractivity contribution is 5.95. The Labute approximate surface area is 117 Å². The summed E-state index contributed by atoms with van der Waals surface area (Å²) in [7, 11) is 0. The van der Waals surface area contributed by atoms with Crippen LogP contribution in [0.1, 0.15) is 35.2 Å². The number of rotatable bonds is 6. The molecule has 0 fully saturated rings. The molecule has 0 aliphatic rings. The Bertz CT molecular complexity index is 544. The minimum atomic E-state index is -0.248. The smallest absolute Gasteiger partial charge is 0.258 e. The van der Waals surface area contributed by atoms with Gasteiger partial charge in [-0.2, -0.15) is 5.10 Å². The highest BCUT2D eigenvalue weighted by Crippen LogP contribution is 2.16. The normalized spacial score (nSPS) is 12.3. The van der Waals surface area contributed by atoms with Crippen molar-refractivity contribution in [2.24, 2.45) is 0 Å². The van der Waals surface area contributed by atoms with Crippen LogP contribution in [0, 0.1) is 6.92 Å². The number of hydrogen-bond acceptors (Lipinski definition) is 4. The van der Waals surface area contributed by atoms with Gasteiger partial charge in [0.05, 0.1) is 37.2 Å². The summed E-state index contributed by atoms with van der Waals surface area (Å²) in [6.07, 6.45) is 3.75. The predicted octanol–water partition coefficient (Wildman–Crippen LogP) is 1.72. The summed E-state index contributed by atoms with van der Waals surface area (Å²) in [4.78, 5) is 14.2. The standard InChI is InChI=1S/C14H19N3O3/c1-3-11(9-18)17(8-12-5-4-6-20-12)14(19)13-7-15-16-10(13)2/h4-7,11,18H,3,8-9H2,1-2H3,(H,15,16). The van der Waals surface area contributed by atoms with Gasteiger partial charge in [0.15, 0.2) is 0 Å². The second-order valence-corrected chi connectivity index (χ2v) is 4.67. The first-order valence-corrected chi connectivity index (χ1v) is 6.61. The molecule has 2 rings (SSSR count). The molecule has 6 heteroatoms. The topological polar surface area (TPSA) is 82.4 Å². The van der Waals surface area contributed by atoms with Gasteiger partial charge >= 0.3 is 0 Å². The fourth-order valence-corrected chi connectivity index (χ4v) is 2.11. The summed E-state index contributed by atoms with van der Waals surface area (Å²) >= 11 is 0. The largest absolute Gasteiger partial charge is 0.467 e. The van der Waals surface area contributed by atoms with Gasteiger partial charge in [0, 0.05) is 5.69 Å². The molecule has 0 radical (unpaired) electrons. The van der Waals surface area contributed by atoms with E-state index < -0.39 is 0 Å². The van der Waals surface area contributed by atoms with Gasteiger partial charge in [-0.15, -0.1) is 0 Å². The molecule has 0 bridgehead atoms. The number of aryl methyl sites for hydroxylation is 1. The SMILES string of the molecule is CCC(CO)N(Cc1ccco1)C(=O)c1cn[nH]c1C. The highest BCUT2D eigenvalue weighted by Gasteiger charge is 2.26. The van der Waals surface area contributed by atoms with Crippen molar-refractivity contribution in [3.63, 3.8) is 0 Å². The van der Waals surface area contributed by atoms with E-state index in [1.807, 2.05) is 13.0 Å².